The molecule has 1 atom stereocenters. The van der Waals surface area contributed by atoms with Crippen molar-refractivity contribution in [1.29, 1.82) is 0 Å². The van der Waals surface area contributed by atoms with Crippen molar-refractivity contribution >= 4 is 24.3 Å². The predicted octanol–water partition coefficient (Wildman–Crippen LogP) is 5.41. The molecule has 4 nitrogen and oxygen atoms in total. The molecular formula is C20H28F2N2O2. The van der Waals surface area contributed by atoms with Gasteiger partial charge in [0, 0.05) is 11.8 Å². The largest absolute Gasteiger partial charge is 0.429 e. The Kier molecular flexibility index (Phi) is 8.58. The van der Waals surface area contributed by atoms with Crippen LogP contribution in [0.3, 0.4) is 0 Å². The second-order valence-electron chi connectivity index (χ2n) is 6.07. The highest BCUT2D eigenvalue weighted by molar-refractivity contribution is 5.79. The van der Waals surface area contributed by atoms with Crippen LogP contribution in [0.5, 0.6) is 5.75 Å². The molecule has 0 saturated heterocycles. The van der Waals surface area contributed by atoms with E-state index < -0.39 is 12.7 Å². The van der Waals surface area contributed by atoms with E-state index in [1.54, 1.807) is 12.3 Å². The number of benzene rings is 1. The van der Waals surface area contributed by atoms with E-state index in [0.29, 0.717) is 12.3 Å². The molecule has 0 aliphatic rings. The van der Waals surface area contributed by atoms with Crippen LogP contribution in [0.25, 0.3) is 5.70 Å². The molecule has 1 unspecified atom stereocenters. The minimum Gasteiger partial charge on any atom is -0.429 e. The van der Waals surface area contributed by atoms with E-state index in [1.165, 1.54) is 6.07 Å². The van der Waals surface area contributed by atoms with Crippen LogP contribution in [0.15, 0.2) is 28.2 Å². The summed E-state index contributed by atoms with van der Waals surface area (Å²) in [4.78, 5) is 8.41. The molecule has 0 aliphatic heterocycles. The van der Waals surface area contributed by atoms with Gasteiger partial charge in [0.1, 0.15) is 12.3 Å². The first kappa shape index (κ1) is 22.0. The van der Waals surface area contributed by atoms with Crippen LogP contribution in [-0.2, 0) is 6.42 Å². The van der Waals surface area contributed by atoms with Crippen molar-refractivity contribution in [2.45, 2.75) is 53.1 Å². The molecule has 0 radical (unpaired) electrons. The minimum atomic E-state index is -3.68. The number of hydrogen-bond donors (Lipinski definition) is 1. The Hall–Kier alpha value is -2.08. The third kappa shape index (κ3) is 5.73. The van der Waals surface area contributed by atoms with E-state index in [0.717, 1.165) is 29.7 Å². The lowest BCUT2D eigenvalue weighted by Crippen LogP contribution is -2.29. The molecule has 0 aromatic heterocycles. The van der Waals surface area contributed by atoms with Crippen molar-refractivity contribution in [3.05, 3.63) is 29.3 Å². The molecule has 0 spiro atoms. The zero-order chi connectivity index (χ0) is 19.7. The molecule has 0 fully saturated rings. The number of rotatable bonds is 10. The Bertz CT molecular complexity index is 670. The van der Waals surface area contributed by atoms with Gasteiger partial charge in [-0.3, -0.25) is 9.98 Å². The number of allylic oxidation sites excluding steroid dienone is 1. The SMILES string of the molecule is C=Nc1c(OC(F)(F)CO)ccc(C(=C/C(C)CC)/N=C\C)c1CCC. The minimum absolute atomic E-state index is 0.102. The molecular weight excluding hydrogens is 338 g/mol. The predicted molar refractivity (Wildman–Crippen MR) is 104 cm³/mol. The molecule has 0 saturated carbocycles. The highest BCUT2D eigenvalue weighted by Crippen LogP contribution is 2.40. The number of ether oxygens (including phenoxy) is 1. The van der Waals surface area contributed by atoms with Crippen LogP contribution in [0.1, 0.15) is 51.7 Å². The fourth-order valence-electron chi connectivity index (χ4n) is 2.54. The summed E-state index contributed by atoms with van der Waals surface area (Å²) in [5, 5.41) is 8.78. The van der Waals surface area contributed by atoms with Gasteiger partial charge < -0.3 is 9.84 Å². The second kappa shape index (κ2) is 10.2. The van der Waals surface area contributed by atoms with Gasteiger partial charge in [-0.05, 0) is 43.7 Å². The van der Waals surface area contributed by atoms with Crippen LogP contribution in [0.4, 0.5) is 14.5 Å². The lowest BCUT2D eigenvalue weighted by molar-refractivity contribution is -0.200. The molecule has 1 aromatic rings. The van der Waals surface area contributed by atoms with E-state index in [2.05, 4.69) is 41.4 Å². The zero-order valence-corrected chi connectivity index (χ0v) is 15.9. The van der Waals surface area contributed by atoms with E-state index in [1.807, 2.05) is 13.8 Å². The van der Waals surface area contributed by atoms with E-state index in [9.17, 15) is 8.78 Å². The van der Waals surface area contributed by atoms with Crippen LogP contribution < -0.4 is 4.74 Å². The highest BCUT2D eigenvalue weighted by atomic mass is 19.3. The average Bonchev–Trinajstić information content (AvgIpc) is 2.61. The fraction of sp³-hybridized carbons (Fsp3) is 0.500. The highest BCUT2D eigenvalue weighted by Gasteiger charge is 2.32. The van der Waals surface area contributed by atoms with Crippen molar-refractivity contribution in [1.82, 2.24) is 0 Å². The Labute approximate surface area is 154 Å². The van der Waals surface area contributed by atoms with Crippen molar-refractivity contribution in [3.63, 3.8) is 0 Å². The maximum atomic E-state index is 13.5. The van der Waals surface area contributed by atoms with Crippen LogP contribution >= 0.6 is 0 Å². The van der Waals surface area contributed by atoms with Gasteiger partial charge in [0.25, 0.3) is 0 Å². The maximum Gasteiger partial charge on any atom is 0.421 e. The number of hydrogen-bond acceptors (Lipinski definition) is 4. The topological polar surface area (TPSA) is 54.2 Å². The molecule has 26 heavy (non-hydrogen) atoms. The Balaban J connectivity index is 3.58. The first-order valence-corrected chi connectivity index (χ1v) is 8.84. The molecule has 1 aromatic carbocycles. The number of nitrogens with zero attached hydrogens (tertiary/aromatic N) is 2. The molecule has 0 bridgehead atoms. The Morgan fingerprint density at radius 1 is 1.38 bits per heavy atom. The standard InChI is InChI=1S/C20H28F2N2O2/c1-6-9-16-15(17(24-8-3)12-14(4)7-2)10-11-18(19(16)23-5)26-20(21,22)13-25/h8,10-12,14,25H,5-7,9,13H2,1-4H3/b17-12-,24-8-. The smallest absolute Gasteiger partial charge is 0.421 e. The molecule has 0 aliphatic carbocycles. The van der Waals surface area contributed by atoms with E-state index in [4.69, 9.17) is 5.11 Å². The monoisotopic (exact) mass is 366 g/mol. The van der Waals surface area contributed by atoms with Gasteiger partial charge in [0.15, 0.2) is 5.75 Å². The molecule has 1 rings (SSSR count). The third-order valence-electron chi connectivity index (χ3n) is 3.98. The van der Waals surface area contributed by atoms with Crippen LogP contribution in [0.2, 0.25) is 0 Å². The quantitative estimate of drug-likeness (QED) is 0.563. The van der Waals surface area contributed by atoms with Gasteiger partial charge >= 0.3 is 6.11 Å². The van der Waals surface area contributed by atoms with Crippen molar-refractivity contribution in [2.24, 2.45) is 15.9 Å². The lowest BCUT2D eigenvalue weighted by atomic mass is 9.95. The van der Waals surface area contributed by atoms with Gasteiger partial charge in [0.05, 0.1) is 5.70 Å². The average molecular weight is 366 g/mol. The third-order valence-corrected chi connectivity index (χ3v) is 3.98. The zero-order valence-electron chi connectivity index (χ0n) is 15.9. The van der Waals surface area contributed by atoms with Gasteiger partial charge in [-0.2, -0.15) is 8.78 Å². The summed E-state index contributed by atoms with van der Waals surface area (Å²) >= 11 is 0. The summed E-state index contributed by atoms with van der Waals surface area (Å²) in [5.41, 5.74) is 2.62. The summed E-state index contributed by atoms with van der Waals surface area (Å²) in [6.45, 7) is 10.1. The summed E-state index contributed by atoms with van der Waals surface area (Å²) in [6.07, 6.45) is 2.45. The summed E-state index contributed by atoms with van der Waals surface area (Å²) in [7, 11) is 0. The van der Waals surface area contributed by atoms with Crippen molar-refractivity contribution in [2.75, 3.05) is 6.61 Å². The van der Waals surface area contributed by atoms with Gasteiger partial charge in [-0.1, -0.05) is 39.7 Å². The Morgan fingerprint density at radius 3 is 2.58 bits per heavy atom. The van der Waals surface area contributed by atoms with Crippen LogP contribution in [-0.4, -0.2) is 30.8 Å². The number of aliphatic imine (C=N–C) groups is 2. The maximum absolute atomic E-state index is 13.5. The van der Waals surface area contributed by atoms with Crippen molar-refractivity contribution < 1.29 is 18.6 Å². The summed E-state index contributed by atoms with van der Waals surface area (Å²) < 4.78 is 31.7. The fourth-order valence-corrected chi connectivity index (χ4v) is 2.54. The first-order chi connectivity index (χ1) is 12.3. The van der Waals surface area contributed by atoms with Gasteiger partial charge in [-0.25, -0.2) is 0 Å². The Morgan fingerprint density at radius 2 is 2.08 bits per heavy atom. The molecule has 6 heteroatoms. The van der Waals surface area contributed by atoms with E-state index >= 15 is 0 Å². The van der Waals surface area contributed by atoms with Gasteiger partial charge in [-0.15, -0.1) is 0 Å². The number of aliphatic hydroxyl groups excluding tert-OH is 1. The normalized spacial score (nSPS) is 13.9. The molecule has 0 heterocycles. The number of aliphatic hydroxyl groups is 1. The second-order valence-corrected chi connectivity index (χ2v) is 6.07. The van der Waals surface area contributed by atoms with Crippen molar-refractivity contribution in [3.8, 4) is 5.75 Å². The molecule has 144 valence electrons. The van der Waals surface area contributed by atoms with Crippen LogP contribution in [0, 0.1) is 5.92 Å². The molecule has 1 N–H and O–H groups in total. The van der Waals surface area contributed by atoms with E-state index in [-0.39, 0.29) is 11.4 Å². The first-order valence-electron chi connectivity index (χ1n) is 8.84. The van der Waals surface area contributed by atoms with Gasteiger partial charge in [0.2, 0.25) is 0 Å². The summed E-state index contributed by atoms with van der Waals surface area (Å²) in [6, 6.07) is 3.14. The number of halogens is 2. The summed E-state index contributed by atoms with van der Waals surface area (Å²) in [5.74, 6) is 0.215. The molecule has 0 amide bonds. The lowest BCUT2D eigenvalue weighted by Gasteiger charge is -2.20. The number of alkyl halides is 2.